The van der Waals surface area contributed by atoms with Crippen molar-refractivity contribution in [1.29, 1.82) is 0 Å². The molecular formula is C13H18ClN3O. The highest BCUT2D eigenvalue weighted by atomic mass is 35.5. The van der Waals surface area contributed by atoms with Crippen LogP contribution in [-0.2, 0) is 4.79 Å². The van der Waals surface area contributed by atoms with E-state index in [4.69, 9.17) is 17.3 Å². The Morgan fingerprint density at radius 3 is 2.78 bits per heavy atom. The van der Waals surface area contributed by atoms with E-state index in [0.29, 0.717) is 13.1 Å². The van der Waals surface area contributed by atoms with Crippen LogP contribution in [0.15, 0.2) is 18.2 Å². The maximum Gasteiger partial charge on any atom is 0.246 e. The number of hydrogen-bond acceptors (Lipinski definition) is 3. The molecule has 0 aliphatic carbocycles. The summed E-state index contributed by atoms with van der Waals surface area (Å²) in [5, 5.41) is 0.717. The quantitative estimate of drug-likeness (QED) is 0.878. The molecule has 1 saturated heterocycles. The Balaban J connectivity index is 2.31. The third kappa shape index (κ3) is 2.31. The molecule has 0 saturated carbocycles. The lowest BCUT2D eigenvalue weighted by Crippen LogP contribution is -2.58. The first-order chi connectivity index (χ1) is 8.54. The first-order valence-corrected chi connectivity index (χ1v) is 6.40. The van der Waals surface area contributed by atoms with Crippen LogP contribution in [0, 0.1) is 6.92 Å². The fourth-order valence-corrected chi connectivity index (χ4v) is 2.38. The van der Waals surface area contributed by atoms with Crippen molar-refractivity contribution in [3.63, 3.8) is 0 Å². The molecule has 18 heavy (non-hydrogen) atoms. The van der Waals surface area contributed by atoms with Crippen molar-refractivity contribution in [3.8, 4) is 0 Å². The van der Waals surface area contributed by atoms with Crippen LogP contribution >= 0.6 is 11.6 Å². The number of likely N-dealkylation sites (N-methyl/N-ethyl adjacent to an activating group) is 1. The van der Waals surface area contributed by atoms with E-state index < -0.39 is 0 Å². The predicted octanol–water partition coefficient (Wildman–Crippen LogP) is 1.25. The summed E-state index contributed by atoms with van der Waals surface area (Å²) >= 11 is 6.14. The van der Waals surface area contributed by atoms with Gasteiger partial charge in [0, 0.05) is 37.4 Å². The first kappa shape index (κ1) is 13.2. The summed E-state index contributed by atoms with van der Waals surface area (Å²) in [5.74, 6) is 0.0699. The van der Waals surface area contributed by atoms with E-state index in [1.807, 2.05) is 37.1 Å². The van der Waals surface area contributed by atoms with Crippen LogP contribution < -0.4 is 10.6 Å². The Morgan fingerprint density at radius 2 is 2.17 bits per heavy atom. The number of nitrogens with zero attached hydrogens (tertiary/aromatic N) is 2. The van der Waals surface area contributed by atoms with E-state index in [1.165, 1.54) is 0 Å². The van der Waals surface area contributed by atoms with Gasteiger partial charge in [-0.05, 0) is 24.6 Å². The zero-order chi connectivity index (χ0) is 13.3. The van der Waals surface area contributed by atoms with Gasteiger partial charge in [-0.2, -0.15) is 0 Å². The van der Waals surface area contributed by atoms with Crippen molar-refractivity contribution >= 4 is 23.2 Å². The number of piperazine rings is 1. The smallest absolute Gasteiger partial charge is 0.246 e. The van der Waals surface area contributed by atoms with Gasteiger partial charge in [-0.15, -0.1) is 0 Å². The van der Waals surface area contributed by atoms with Crippen LogP contribution in [-0.4, -0.2) is 43.5 Å². The highest BCUT2D eigenvalue weighted by molar-refractivity contribution is 6.31. The monoisotopic (exact) mass is 267 g/mol. The largest absolute Gasteiger partial charge is 0.357 e. The molecule has 1 atom stereocenters. The van der Waals surface area contributed by atoms with Crippen molar-refractivity contribution in [2.24, 2.45) is 5.73 Å². The molecular weight excluding hydrogens is 250 g/mol. The number of anilines is 1. The molecule has 0 radical (unpaired) electrons. The second-order valence-electron chi connectivity index (χ2n) is 4.64. The molecule has 1 heterocycles. The molecule has 1 aromatic rings. The van der Waals surface area contributed by atoms with E-state index in [9.17, 15) is 4.79 Å². The maximum absolute atomic E-state index is 12.1. The molecule has 1 aliphatic heterocycles. The molecule has 0 aromatic heterocycles. The summed E-state index contributed by atoms with van der Waals surface area (Å²) in [6.07, 6.45) is 0. The van der Waals surface area contributed by atoms with Crippen molar-refractivity contribution in [3.05, 3.63) is 28.8 Å². The summed E-state index contributed by atoms with van der Waals surface area (Å²) in [7, 11) is 1.81. The number of hydrogen-bond donors (Lipinski definition) is 1. The molecule has 0 spiro atoms. The Hall–Kier alpha value is -1.26. The van der Waals surface area contributed by atoms with E-state index in [2.05, 4.69) is 0 Å². The van der Waals surface area contributed by atoms with Gasteiger partial charge >= 0.3 is 0 Å². The minimum atomic E-state index is -0.289. The molecule has 4 nitrogen and oxygen atoms in total. The molecule has 2 N–H and O–H groups in total. The summed E-state index contributed by atoms with van der Waals surface area (Å²) in [6, 6.07) is 5.57. The van der Waals surface area contributed by atoms with E-state index in [1.54, 1.807) is 4.90 Å². The molecule has 2 rings (SSSR count). The second-order valence-corrected chi connectivity index (χ2v) is 5.05. The number of carbonyl (C=O) groups excluding carboxylic acids is 1. The normalized spacial score (nSPS) is 20.4. The molecule has 1 aliphatic rings. The van der Waals surface area contributed by atoms with Crippen LogP contribution in [0.1, 0.15) is 5.56 Å². The second kappa shape index (κ2) is 5.16. The van der Waals surface area contributed by atoms with Gasteiger partial charge in [-0.3, -0.25) is 4.79 Å². The number of carbonyl (C=O) groups is 1. The van der Waals surface area contributed by atoms with Crippen LogP contribution in [0.25, 0.3) is 0 Å². The fourth-order valence-electron chi connectivity index (χ4n) is 2.21. The molecule has 1 amide bonds. The van der Waals surface area contributed by atoms with Gasteiger partial charge in [0.05, 0.1) is 0 Å². The predicted molar refractivity (Wildman–Crippen MR) is 74.0 cm³/mol. The fraction of sp³-hybridized carbons (Fsp3) is 0.462. The number of benzene rings is 1. The lowest BCUT2D eigenvalue weighted by molar-refractivity contribution is -0.132. The van der Waals surface area contributed by atoms with Crippen LogP contribution in [0.2, 0.25) is 5.02 Å². The Morgan fingerprint density at radius 1 is 1.44 bits per heavy atom. The van der Waals surface area contributed by atoms with Crippen LogP contribution in [0.3, 0.4) is 0 Å². The average Bonchev–Trinajstić information content (AvgIpc) is 2.36. The van der Waals surface area contributed by atoms with E-state index in [0.717, 1.165) is 22.8 Å². The van der Waals surface area contributed by atoms with Crippen molar-refractivity contribution in [2.75, 3.05) is 31.6 Å². The van der Waals surface area contributed by atoms with Gasteiger partial charge in [0.15, 0.2) is 0 Å². The Labute approximate surface area is 112 Å². The summed E-state index contributed by atoms with van der Waals surface area (Å²) in [4.78, 5) is 15.8. The minimum absolute atomic E-state index is 0.0699. The number of aryl methyl sites for hydroxylation is 1. The molecule has 1 fully saturated rings. The Bertz CT molecular complexity index is 464. The SMILES string of the molecule is Cc1ccc(N2CCN(C)C(=O)C2CN)cc1Cl. The zero-order valence-electron chi connectivity index (χ0n) is 10.7. The van der Waals surface area contributed by atoms with Crippen LogP contribution in [0.4, 0.5) is 5.69 Å². The van der Waals surface area contributed by atoms with Gasteiger partial charge in [0.1, 0.15) is 6.04 Å². The van der Waals surface area contributed by atoms with Gasteiger partial charge in [-0.25, -0.2) is 0 Å². The molecule has 5 heteroatoms. The Kier molecular flexibility index (Phi) is 3.78. The van der Waals surface area contributed by atoms with Crippen molar-refractivity contribution in [1.82, 2.24) is 4.90 Å². The maximum atomic E-state index is 12.1. The highest BCUT2D eigenvalue weighted by Crippen LogP contribution is 2.26. The number of nitrogens with two attached hydrogens (primary N) is 1. The van der Waals surface area contributed by atoms with Crippen LogP contribution in [0.5, 0.6) is 0 Å². The molecule has 0 bridgehead atoms. The van der Waals surface area contributed by atoms with Crippen molar-refractivity contribution in [2.45, 2.75) is 13.0 Å². The minimum Gasteiger partial charge on any atom is -0.357 e. The lowest BCUT2D eigenvalue weighted by atomic mass is 10.1. The third-order valence-electron chi connectivity index (χ3n) is 3.42. The standard InChI is InChI=1S/C13H18ClN3O/c1-9-3-4-10(7-11(9)14)17-6-5-16(2)13(18)12(17)8-15/h3-4,7,12H,5-6,8,15H2,1-2H3. The summed E-state index contributed by atoms with van der Waals surface area (Å²) in [5.41, 5.74) is 7.72. The number of amides is 1. The zero-order valence-corrected chi connectivity index (χ0v) is 11.4. The van der Waals surface area contributed by atoms with Gasteiger partial charge < -0.3 is 15.5 Å². The summed E-state index contributed by atoms with van der Waals surface area (Å²) in [6.45, 7) is 3.76. The molecule has 98 valence electrons. The first-order valence-electron chi connectivity index (χ1n) is 6.02. The third-order valence-corrected chi connectivity index (χ3v) is 3.83. The highest BCUT2D eigenvalue weighted by Gasteiger charge is 2.32. The lowest BCUT2D eigenvalue weighted by Gasteiger charge is -2.40. The van der Waals surface area contributed by atoms with Crippen molar-refractivity contribution < 1.29 is 4.79 Å². The van der Waals surface area contributed by atoms with Gasteiger partial charge in [-0.1, -0.05) is 17.7 Å². The average molecular weight is 268 g/mol. The van der Waals surface area contributed by atoms with Gasteiger partial charge in [0.25, 0.3) is 0 Å². The molecule has 1 unspecified atom stereocenters. The van der Waals surface area contributed by atoms with Gasteiger partial charge in [0.2, 0.25) is 5.91 Å². The topological polar surface area (TPSA) is 49.6 Å². The molecule has 1 aromatic carbocycles. The van der Waals surface area contributed by atoms with E-state index >= 15 is 0 Å². The number of rotatable bonds is 2. The summed E-state index contributed by atoms with van der Waals surface area (Å²) < 4.78 is 0. The number of halogens is 1. The van der Waals surface area contributed by atoms with E-state index in [-0.39, 0.29) is 11.9 Å².